The Labute approximate surface area is 107 Å². The quantitative estimate of drug-likeness (QED) is 0.893. The average molecular weight is 244 g/mol. The zero-order valence-electron chi connectivity index (χ0n) is 10.7. The lowest BCUT2D eigenvalue weighted by Crippen LogP contribution is -2.23. The van der Waals surface area contributed by atoms with Crippen LogP contribution in [0.15, 0.2) is 42.6 Å². The molecule has 3 heteroatoms. The van der Waals surface area contributed by atoms with Gasteiger partial charge >= 0.3 is 0 Å². The summed E-state index contributed by atoms with van der Waals surface area (Å²) in [4.78, 5) is 4.37. The number of benzene rings is 1. The molecule has 2 nitrogen and oxygen atoms in total. The largest absolute Gasteiger partial charge is 0.305 e. The Bertz CT molecular complexity index is 511. The summed E-state index contributed by atoms with van der Waals surface area (Å²) in [7, 11) is 0. The van der Waals surface area contributed by atoms with Gasteiger partial charge < -0.3 is 5.32 Å². The van der Waals surface area contributed by atoms with E-state index in [4.69, 9.17) is 0 Å². The van der Waals surface area contributed by atoms with Crippen molar-refractivity contribution < 1.29 is 4.39 Å². The third kappa shape index (κ3) is 2.74. The first-order chi connectivity index (χ1) is 8.72. The molecule has 2 aromatic rings. The second kappa shape index (κ2) is 5.74. The highest BCUT2D eigenvalue weighted by Gasteiger charge is 2.14. The van der Waals surface area contributed by atoms with Crippen molar-refractivity contribution in [1.29, 1.82) is 0 Å². The predicted octanol–water partition coefficient (Wildman–Crippen LogP) is 3.23. The Hall–Kier alpha value is -1.74. The molecule has 1 aromatic carbocycles. The number of aryl methyl sites for hydroxylation is 1. The van der Waals surface area contributed by atoms with Gasteiger partial charge in [-0.3, -0.25) is 4.98 Å². The van der Waals surface area contributed by atoms with Crippen molar-refractivity contribution >= 4 is 0 Å². The number of nitrogens with zero attached hydrogens (tertiary/aromatic N) is 1. The molecule has 0 saturated carbocycles. The Morgan fingerprint density at radius 2 is 2.11 bits per heavy atom. The first-order valence-electron chi connectivity index (χ1n) is 6.12. The molecule has 1 N–H and O–H groups in total. The van der Waals surface area contributed by atoms with E-state index in [2.05, 4.69) is 10.3 Å². The number of hydrogen-bond donors (Lipinski definition) is 1. The van der Waals surface area contributed by atoms with Gasteiger partial charge in [0.1, 0.15) is 5.82 Å². The van der Waals surface area contributed by atoms with Gasteiger partial charge in [0.15, 0.2) is 0 Å². The van der Waals surface area contributed by atoms with Crippen LogP contribution in [0, 0.1) is 12.7 Å². The van der Waals surface area contributed by atoms with E-state index >= 15 is 0 Å². The highest BCUT2D eigenvalue weighted by Crippen LogP contribution is 2.22. The van der Waals surface area contributed by atoms with Crippen LogP contribution in [0.5, 0.6) is 0 Å². The van der Waals surface area contributed by atoms with Gasteiger partial charge in [-0.1, -0.05) is 25.1 Å². The van der Waals surface area contributed by atoms with Crippen LogP contribution in [0.1, 0.15) is 29.8 Å². The molecule has 0 saturated heterocycles. The number of hydrogen-bond acceptors (Lipinski definition) is 2. The predicted molar refractivity (Wildman–Crippen MR) is 70.9 cm³/mol. The molecule has 0 radical (unpaired) electrons. The van der Waals surface area contributed by atoms with E-state index in [9.17, 15) is 4.39 Å². The SMILES string of the molecule is CCNC(c1ccc(F)c(C)c1)c1ccccn1. The van der Waals surface area contributed by atoms with E-state index < -0.39 is 0 Å². The highest BCUT2D eigenvalue weighted by molar-refractivity contribution is 5.31. The monoisotopic (exact) mass is 244 g/mol. The van der Waals surface area contributed by atoms with Crippen molar-refractivity contribution in [2.75, 3.05) is 6.54 Å². The minimum absolute atomic E-state index is 0.00972. The molecule has 0 bridgehead atoms. The molecule has 0 spiro atoms. The molecule has 1 atom stereocenters. The molecule has 0 aliphatic heterocycles. The standard InChI is InChI=1S/C15H17FN2/c1-3-17-15(14-6-4-5-9-18-14)12-7-8-13(16)11(2)10-12/h4-10,15,17H,3H2,1-2H3. The minimum Gasteiger partial charge on any atom is -0.305 e. The average Bonchev–Trinajstić information content (AvgIpc) is 2.40. The maximum atomic E-state index is 13.3. The molecule has 1 unspecified atom stereocenters. The second-order valence-electron chi connectivity index (χ2n) is 4.25. The van der Waals surface area contributed by atoms with E-state index in [1.54, 1.807) is 13.1 Å². The molecule has 0 aliphatic carbocycles. The van der Waals surface area contributed by atoms with Gasteiger partial charge in [-0.05, 0) is 42.8 Å². The van der Waals surface area contributed by atoms with Gasteiger partial charge in [-0.25, -0.2) is 4.39 Å². The molecular formula is C15H17FN2. The molecule has 0 amide bonds. The van der Waals surface area contributed by atoms with Crippen LogP contribution in [0.4, 0.5) is 4.39 Å². The van der Waals surface area contributed by atoms with Gasteiger partial charge in [0, 0.05) is 6.20 Å². The van der Waals surface area contributed by atoms with Crippen LogP contribution in [0.3, 0.4) is 0 Å². The lowest BCUT2D eigenvalue weighted by molar-refractivity contribution is 0.600. The highest BCUT2D eigenvalue weighted by atomic mass is 19.1. The topological polar surface area (TPSA) is 24.9 Å². The van der Waals surface area contributed by atoms with E-state index in [1.807, 2.05) is 37.3 Å². The molecule has 0 aliphatic rings. The van der Waals surface area contributed by atoms with Crippen LogP contribution < -0.4 is 5.32 Å². The second-order valence-corrected chi connectivity index (χ2v) is 4.25. The Kier molecular flexibility index (Phi) is 4.05. The summed E-state index contributed by atoms with van der Waals surface area (Å²) in [5.41, 5.74) is 2.64. The normalized spacial score (nSPS) is 12.4. The van der Waals surface area contributed by atoms with Crippen molar-refractivity contribution in [3.8, 4) is 0 Å². The molecule has 1 heterocycles. The fourth-order valence-corrected chi connectivity index (χ4v) is 1.99. The summed E-state index contributed by atoms with van der Waals surface area (Å²) in [6, 6.07) is 11.0. The first kappa shape index (κ1) is 12.7. The zero-order chi connectivity index (χ0) is 13.0. The summed E-state index contributed by atoms with van der Waals surface area (Å²) >= 11 is 0. The Balaban J connectivity index is 2.38. The van der Waals surface area contributed by atoms with Gasteiger partial charge in [0.2, 0.25) is 0 Å². The van der Waals surface area contributed by atoms with Gasteiger partial charge in [0.05, 0.1) is 11.7 Å². The van der Waals surface area contributed by atoms with Crippen LogP contribution in [-0.4, -0.2) is 11.5 Å². The fraction of sp³-hybridized carbons (Fsp3) is 0.267. The van der Waals surface area contributed by atoms with Crippen LogP contribution in [0.25, 0.3) is 0 Å². The lowest BCUT2D eigenvalue weighted by atomic mass is 10.0. The number of nitrogens with one attached hydrogen (secondary N) is 1. The van der Waals surface area contributed by atoms with E-state index in [-0.39, 0.29) is 11.9 Å². The van der Waals surface area contributed by atoms with Crippen molar-refractivity contribution in [3.63, 3.8) is 0 Å². The smallest absolute Gasteiger partial charge is 0.126 e. The van der Waals surface area contributed by atoms with Crippen molar-refractivity contribution in [2.45, 2.75) is 19.9 Å². The first-order valence-corrected chi connectivity index (χ1v) is 6.12. The molecule has 0 fully saturated rings. The van der Waals surface area contributed by atoms with Gasteiger partial charge in [-0.2, -0.15) is 0 Å². The molecule has 94 valence electrons. The fourth-order valence-electron chi connectivity index (χ4n) is 1.99. The molecule has 18 heavy (non-hydrogen) atoms. The number of rotatable bonds is 4. The number of halogens is 1. The lowest BCUT2D eigenvalue weighted by Gasteiger charge is -2.18. The third-order valence-electron chi connectivity index (χ3n) is 2.91. The summed E-state index contributed by atoms with van der Waals surface area (Å²) in [6.07, 6.45) is 1.77. The maximum Gasteiger partial charge on any atom is 0.126 e. The van der Waals surface area contributed by atoms with Crippen LogP contribution >= 0.6 is 0 Å². The van der Waals surface area contributed by atoms with E-state index in [1.165, 1.54) is 6.07 Å². The molecule has 1 aromatic heterocycles. The summed E-state index contributed by atoms with van der Waals surface area (Å²) in [5.74, 6) is -0.171. The Morgan fingerprint density at radius 1 is 1.28 bits per heavy atom. The van der Waals surface area contributed by atoms with E-state index in [0.29, 0.717) is 5.56 Å². The van der Waals surface area contributed by atoms with E-state index in [0.717, 1.165) is 17.8 Å². The molecular weight excluding hydrogens is 227 g/mol. The summed E-state index contributed by atoms with van der Waals surface area (Å²) in [6.45, 7) is 4.66. The number of pyridine rings is 1. The zero-order valence-corrected chi connectivity index (χ0v) is 10.7. The third-order valence-corrected chi connectivity index (χ3v) is 2.91. The van der Waals surface area contributed by atoms with Crippen molar-refractivity contribution in [3.05, 3.63) is 65.2 Å². The number of aromatic nitrogens is 1. The van der Waals surface area contributed by atoms with Crippen LogP contribution in [-0.2, 0) is 0 Å². The van der Waals surface area contributed by atoms with Crippen molar-refractivity contribution in [1.82, 2.24) is 10.3 Å². The van der Waals surface area contributed by atoms with Crippen LogP contribution in [0.2, 0.25) is 0 Å². The summed E-state index contributed by atoms with van der Waals surface area (Å²) < 4.78 is 13.3. The van der Waals surface area contributed by atoms with Gasteiger partial charge in [-0.15, -0.1) is 0 Å². The minimum atomic E-state index is -0.171. The van der Waals surface area contributed by atoms with Gasteiger partial charge in [0.25, 0.3) is 0 Å². The maximum absolute atomic E-state index is 13.3. The summed E-state index contributed by atoms with van der Waals surface area (Å²) in [5, 5.41) is 3.38. The molecule has 2 rings (SSSR count). The van der Waals surface area contributed by atoms with Crippen molar-refractivity contribution in [2.24, 2.45) is 0 Å². The Morgan fingerprint density at radius 3 is 2.72 bits per heavy atom.